The number of amides is 1. The molecular formula is C28H22FN5OS2. The fraction of sp³-hybridized carbons (Fsp3) is 0.0714. The van der Waals surface area contributed by atoms with E-state index in [2.05, 4.69) is 45.7 Å². The molecule has 0 fully saturated rings. The van der Waals surface area contributed by atoms with Crippen LogP contribution in [0.25, 0.3) is 23.0 Å². The number of carbonyl (C=O) groups excluding carboxylic acids is 1. The Morgan fingerprint density at radius 3 is 2.65 bits per heavy atom. The summed E-state index contributed by atoms with van der Waals surface area (Å²) in [4.78, 5) is 12.6. The van der Waals surface area contributed by atoms with Crippen LogP contribution < -0.4 is 5.32 Å². The summed E-state index contributed by atoms with van der Waals surface area (Å²) in [6, 6.07) is 24.1. The summed E-state index contributed by atoms with van der Waals surface area (Å²) in [5, 5.41) is 16.1. The van der Waals surface area contributed by atoms with Crippen LogP contribution in [0.3, 0.4) is 0 Å². The molecule has 184 valence electrons. The van der Waals surface area contributed by atoms with E-state index in [1.165, 1.54) is 40.7 Å². The first kappa shape index (κ1) is 24.6. The molecule has 5 aromatic rings. The Balaban J connectivity index is 1.29. The zero-order valence-corrected chi connectivity index (χ0v) is 21.5. The molecular weight excluding hydrogens is 505 g/mol. The van der Waals surface area contributed by atoms with Gasteiger partial charge in [-0.3, -0.25) is 10.1 Å². The van der Waals surface area contributed by atoms with E-state index in [1.807, 2.05) is 42.6 Å². The zero-order valence-electron chi connectivity index (χ0n) is 19.8. The predicted molar refractivity (Wildman–Crippen MR) is 147 cm³/mol. The Hall–Kier alpha value is -4.08. The molecule has 0 aliphatic heterocycles. The van der Waals surface area contributed by atoms with Gasteiger partial charge in [0, 0.05) is 29.2 Å². The number of hydrogen-bond donors (Lipinski definition) is 1. The molecule has 2 aromatic heterocycles. The van der Waals surface area contributed by atoms with E-state index < -0.39 is 0 Å². The van der Waals surface area contributed by atoms with Crippen molar-refractivity contribution in [2.45, 2.75) is 17.0 Å². The van der Waals surface area contributed by atoms with Crippen LogP contribution in [0.15, 0.2) is 95.5 Å². The van der Waals surface area contributed by atoms with Gasteiger partial charge in [-0.1, -0.05) is 71.1 Å². The van der Waals surface area contributed by atoms with E-state index in [9.17, 15) is 9.18 Å². The van der Waals surface area contributed by atoms with Crippen LogP contribution in [0.5, 0.6) is 0 Å². The van der Waals surface area contributed by atoms with Crippen LogP contribution in [0.2, 0.25) is 0 Å². The predicted octanol–water partition coefficient (Wildman–Crippen LogP) is 6.78. The summed E-state index contributed by atoms with van der Waals surface area (Å²) in [6.45, 7) is 2.07. The maximum atomic E-state index is 13.5. The summed E-state index contributed by atoms with van der Waals surface area (Å²) < 4.78 is 16.0. The minimum absolute atomic E-state index is 0.323. The van der Waals surface area contributed by atoms with Crippen LogP contribution in [0.1, 0.15) is 16.7 Å². The molecule has 6 nitrogen and oxygen atoms in total. The fourth-order valence-corrected chi connectivity index (χ4v) is 5.33. The van der Waals surface area contributed by atoms with Gasteiger partial charge in [-0.05, 0) is 55.0 Å². The lowest BCUT2D eigenvalue weighted by atomic mass is 10.1. The number of nitrogens with one attached hydrogen (secondary N) is 1. The first-order valence-corrected chi connectivity index (χ1v) is 13.3. The van der Waals surface area contributed by atoms with Crippen molar-refractivity contribution < 1.29 is 9.18 Å². The van der Waals surface area contributed by atoms with Gasteiger partial charge in [0.2, 0.25) is 11.0 Å². The number of hydrogen-bond acceptors (Lipinski definition) is 6. The van der Waals surface area contributed by atoms with Gasteiger partial charge in [-0.25, -0.2) is 9.07 Å². The third-order valence-electron chi connectivity index (χ3n) is 5.38. The third-order valence-corrected chi connectivity index (χ3v) is 7.42. The number of carbonyl (C=O) groups is 1. The first-order chi connectivity index (χ1) is 18.0. The van der Waals surface area contributed by atoms with Gasteiger partial charge in [0.05, 0.1) is 11.4 Å². The molecule has 2 heterocycles. The molecule has 0 saturated heterocycles. The molecule has 0 aliphatic carbocycles. The van der Waals surface area contributed by atoms with Crippen LogP contribution in [-0.2, 0) is 10.5 Å². The van der Waals surface area contributed by atoms with Gasteiger partial charge in [0.1, 0.15) is 5.82 Å². The Labute approximate surface area is 221 Å². The van der Waals surface area contributed by atoms with Gasteiger partial charge in [0.25, 0.3) is 0 Å². The number of benzene rings is 3. The number of aryl methyl sites for hydroxylation is 1. The van der Waals surface area contributed by atoms with E-state index in [1.54, 1.807) is 34.7 Å². The Morgan fingerprint density at radius 2 is 1.86 bits per heavy atom. The average Bonchev–Trinajstić information content (AvgIpc) is 3.54. The summed E-state index contributed by atoms with van der Waals surface area (Å²) in [6.07, 6.45) is 4.96. The molecule has 1 N–H and O–H groups in total. The summed E-state index contributed by atoms with van der Waals surface area (Å²) >= 11 is 2.91. The normalized spacial score (nSPS) is 11.2. The lowest BCUT2D eigenvalue weighted by Crippen LogP contribution is -2.07. The number of halogens is 1. The summed E-state index contributed by atoms with van der Waals surface area (Å²) in [5.41, 5.74) is 5.40. The molecule has 0 saturated carbocycles. The number of anilines is 1. The molecule has 0 unspecified atom stereocenters. The van der Waals surface area contributed by atoms with Crippen LogP contribution in [-0.4, -0.2) is 25.9 Å². The molecule has 0 aliphatic rings. The van der Waals surface area contributed by atoms with E-state index in [0.29, 0.717) is 10.8 Å². The average molecular weight is 528 g/mol. The van der Waals surface area contributed by atoms with Gasteiger partial charge >= 0.3 is 0 Å². The highest BCUT2D eigenvalue weighted by Crippen LogP contribution is 2.29. The number of rotatable bonds is 8. The molecule has 0 bridgehead atoms. The van der Waals surface area contributed by atoms with Gasteiger partial charge in [-0.2, -0.15) is 5.10 Å². The molecule has 3 aromatic carbocycles. The number of nitrogens with zero attached hydrogens (tertiary/aromatic N) is 4. The highest BCUT2D eigenvalue weighted by Gasteiger charge is 2.12. The minimum Gasteiger partial charge on any atom is -0.297 e. The summed E-state index contributed by atoms with van der Waals surface area (Å²) in [5.74, 6) is 0.127. The second kappa shape index (κ2) is 11.3. The maximum Gasteiger partial charge on any atom is 0.250 e. The van der Waals surface area contributed by atoms with Crippen molar-refractivity contribution in [1.29, 1.82) is 0 Å². The fourth-order valence-electron chi connectivity index (χ4n) is 3.63. The zero-order chi connectivity index (χ0) is 25.6. The lowest BCUT2D eigenvalue weighted by Gasteiger charge is -2.00. The topological polar surface area (TPSA) is 72.7 Å². The molecule has 0 radical (unpaired) electrons. The largest absolute Gasteiger partial charge is 0.297 e. The Bertz CT molecular complexity index is 1540. The van der Waals surface area contributed by atoms with Crippen molar-refractivity contribution >= 4 is 40.2 Å². The third kappa shape index (κ3) is 6.38. The van der Waals surface area contributed by atoms with Crippen molar-refractivity contribution in [2.24, 2.45) is 0 Å². The van der Waals surface area contributed by atoms with E-state index in [0.717, 1.165) is 26.9 Å². The molecule has 1 amide bonds. The van der Waals surface area contributed by atoms with E-state index in [-0.39, 0.29) is 11.7 Å². The second-order valence-corrected chi connectivity index (χ2v) is 10.4. The van der Waals surface area contributed by atoms with E-state index in [4.69, 9.17) is 0 Å². The second-order valence-electron chi connectivity index (χ2n) is 8.19. The molecule has 9 heteroatoms. The van der Waals surface area contributed by atoms with Crippen molar-refractivity contribution in [3.05, 3.63) is 114 Å². The van der Waals surface area contributed by atoms with Gasteiger partial charge in [-0.15, -0.1) is 10.2 Å². The van der Waals surface area contributed by atoms with E-state index >= 15 is 0 Å². The van der Waals surface area contributed by atoms with Crippen LogP contribution >= 0.6 is 23.1 Å². The highest BCUT2D eigenvalue weighted by atomic mass is 32.2. The molecule has 5 rings (SSSR count). The standard InChI is InChI=1S/C28H22FN5OS2/c1-19-6-5-7-20(16-19)18-36-28-32-31-27(37-28)30-25(35)15-12-22-17-34(24-8-3-2-4-9-24)33-26(22)21-10-13-23(29)14-11-21/h2-17H,18H2,1H3,(H,30,31,35)/b15-12+. The van der Waals surface area contributed by atoms with Crippen molar-refractivity contribution in [2.75, 3.05) is 5.32 Å². The lowest BCUT2D eigenvalue weighted by molar-refractivity contribution is -0.111. The smallest absolute Gasteiger partial charge is 0.250 e. The number of aromatic nitrogens is 4. The summed E-state index contributed by atoms with van der Waals surface area (Å²) in [7, 11) is 0. The van der Waals surface area contributed by atoms with Crippen molar-refractivity contribution in [3.8, 4) is 16.9 Å². The number of thioether (sulfide) groups is 1. The van der Waals surface area contributed by atoms with Gasteiger partial charge in [0.15, 0.2) is 4.34 Å². The molecule has 0 spiro atoms. The van der Waals surface area contributed by atoms with Crippen molar-refractivity contribution in [3.63, 3.8) is 0 Å². The van der Waals surface area contributed by atoms with Crippen LogP contribution in [0, 0.1) is 12.7 Å². The minimum atomic E-state index is -0.330. The van der Waals surface area contributed by atoms with Crippen molar-refractivity contribution in [1.82, 2.24) is 20.0 Å². The van der Waals surface area contributed by atoms with Gasteiger partial charge < -0.3 is 0 Å². The monoisotopic (exact) mass is 527 g/mol. The number of para-hydroxylation sites is 1. The quantitative estimate of drug-likeness (QED) is 0.137. The molecule has 37 heavy (non-hydrogen) atoms. The maximum absolute atomic E-state index is 13.5. The SMILES string of the molecule is Cc1cccc(CSc2nnc(NC(=O)/C=C/c3cn(-c4ccccc4)nc3-c3ccc(F)cc3)s2)c1. The highest BCUT2D eigenvalue weighted by molar-refractivity contribution is 8.00. The van der Waals surface area contributed by atoms with Crippen LogP contribution in [0.4, 0.5) is 9.52 Å². The first-order valence-electron chi connectivity index (χ1n) is 11.5. The Morgan fingerprint density at radius 1 is 1.05 bits per heavy atom. The Kier molecular flexibility index (Phi) is 7.53. The molecule has 0 atom stereocenters.